The quantitative estimate of drug-likeness (QED) is 0.516. The monoisotopic (exact) mass is 457 g/mol. The minimum Gasteiger partial charge on any atom is -0.385 e. The van der Waals surface area contributed by atoms with E-state index >= 15 is 0 Å². The van der Waals surface area contributed by atoms with Crippen molar-refractivity contribution in [2.24, 2.45) is 0 Å². The summed E-state index contributed by atoms with van der Waals surface area (Å²) in [6.07, 6.45) is 4.54. The molecule has 0 bridgehead atoms. The van der Waals surface area contributed by atoms with Gasteiger partial charge >= 0.3 is 0 Å². The number of hydrogen-bond donors (Lipinski definition) is 0. The topological polar surface area (TPSA) is 74.4 Å². The summed E-state index contributed by atoms with van der Waals surface area (Å²) in [5.74, 6) is 0.112. The zero-order chi connectivity index (χ0) is 24.1. The maximum atomic E-state index is 13.3. The molecule has 176 valence electrons. The molecular weight excluding hydrogens is 426 g/mol. The predicted octanol–water partition coefficient (Wildman–Crippen LogP) is 3.67. The molecule has 0 unspecified atom stereocenters. The molecule has 2 heterocycles. The molecule has 3 aromatic rings. The average Bonchev–Trinajstić information content (AvgIpc) is 3.27. The SMILES string of the molecule is COCC[C@H]1CN(c2cccc(C)c2C)C(=O)CN1Cc1cncn1Cc1ccc(C#N)cc1. The maximum Gasteiger partial charge on any atom is 0.241 e. The number of carbonyl (C=O) groups excluding carboxylic acids is 1. The summed E-state index contributed by atoms with van der Waals surface area (Å²) in [4.78, 5) is 21.8. The number of imidazole rings is 1. The van der Waals surface area contributed by atoms with Crippen molar-refractivity contribution in [3.8, 4) is 6.07 Å². The number of hydrogen-bond acceptors (Lipinski definition) is 5. The minimum atomic E-state index is 0.112. The van der Waals surface area contributed by atoms with Gasteiger partial charge in [0.05, 0.1) is 30.2 Å². The van der Waals surface area contributed by atoms with Crippen LogP contribution < -0.4 is 4.90 Å². The summed E-state index contributed by atoms with van der Waals surface area (Å²) >= 11 is 0. The van der Waals surface area contributed by atoms with Crippen molar-refractivity contribution in [1.82, 2.24) is 14.5 Å². The van der Waals surface area contributed by atoms with Gasteiger partial charge in [0.15, 0.2) is 0 Å². The number of rotatable bonds is 8. The number of ether oxygens (including phenoxy) is 1. The molecule has 1 aliphatic rings. The summed E-state index contributed by atoms with van der Waals surface area (Å²) in [6.45, 7) is 7.09. The summed E-state index contributed by atoms with van der Waals surface area (Å²) in [5.41, 5.74) is 6.14. The lowest BCUT2D eigenvalue weighted by Gasteiger charge is -2.41. The average molecular weight is 458 g/mol. The second-order valence-electron chi connectivity index (χ2n) is 8.89. The third-order valence-corrected chi connectivity index (χ3v) is 6.67. The molecule has 1 aromatic heterocycles. The normalized spacial score (nSPS) is 16.6. The molecule has 1 amide bonds. The van der Waals surface area contributed by atoms with Gasteiger partial charge in [-0.25, -0.2) is 4.98 Å². The Kier molecular flexibility index (Phi) is 7.41. The highest BCUT2D eigenvalue weighted by Gasteiger charge is 2.33. The van der Waals surface area contributed by atoms with Crippen molar-refractivity contribution in [3.63, 3.8) is 0 Å². The van der Waals surface area contributed by atoms with Crippen LogP contribution in [0.25, 0.3) is 0 Å². The van der Waals surface area contributed by atoms with Crippen molar-refractivity contribution >= 4 is 11.6 Å². The van der Waals surface area contributed by atoms with Gasteiger partial charge in [0.2, 0.25) is 5.91 Å². The molecule has 0 N–H and O–H groups in total. The summed E-state index contributed by atoms with van der Waals surface area (Å²) in [7, 11) is 1.72. The highest BCUT2D eigenvalue weighted by molar-refractivity contribution is 5.96. The third-order valence-electron chi connectivity index (χ3n) is 6.67. The number of anilines is 1. The first-order valence-electron chi connectivity index (χ1n) is 11.6. The standard InChI is InChI=1S/C27H31N5O2/c1-20-5-4-6-26(21(20)2)32-17-24(11-12-34-3)30(18-27(32)33)16-25-14-29-19-31(25)15-23-9-7-22(13-28)8-10-23/h4-10,14,19,24H,11-12,15-18H2,1-3H3/t24-/m0/s1. The highest BCUT2D eigenvalue weighted by Crippen LogP contribution is 2.27. The second-order valence-corrected chi connectivity index (χ2v) is 8.89. The molecule has 0 spiro atoms. The van der Waals surface area contributed by atoms with Crippen LogP contribution in [-0.2, 0) is 22.6 Å². The Morgan fingerprint density at radius 3 is 2.68 bits per heavy atom. The van der Waals surface area contributed by atoms with Crippen LogP contribution in [0.1, 0.15) is 34.4 Å². The molecule has 7 nitrogen and oxygen atoms in total. The van der Waals surface area contributed by atoms with Crippen LogP contribution in [0.4, 0.5) is 5.69 Å². The van der Waals surface area contributed by atoms with Gasteiger partial charge in [0.25, 0.3) is 0 Å². The van der Waals surface area contributed by atoms with E-state index in [0.717, 1.165) is 28.9 Å². The fourth-order valence-corrected chi connectivity index (χ4v) is 4.50. The maximum absolute atomic E-state index is 13.3. The van der Waals surface area contributed by atoms with Gasteiger partial charge in [-0.3, -0.25) is 9.69 Å². The van der Waals surface area contributed by atoms with Crippen molar-refractivity contribution in [1.29, 1.82) is 5.26 Å². The van der Waals surface area contributed by atoms with Crippen LogP contribution in [-0.4, -0.2) is 53.2 Å². The van der Waals surface area contributed by atoms with Gasteiger partial charge < -0.3 is 14.2 Å². The molecule has 34 heavy (non-hydrogen) atoms. The number of carbonyl (C=O) groups is 1. The number of piperazine rings is 1. The van der Waals surface area contributed by atoms with E-state index in [9.17, 15) is 4.79 Å². The first kappa shape index (κ1) is 23.7. The Morgan fingerprint density at radius 1 is 1.15 bits per heavy atom. The molecule has 1 atom stereocenters. The Balaban J connectivity index is 1.52. The molecule has 1 fully saturated rings. The summed E-state index contributed by atoms with van der Waals surface area (Å²) in [6, 6.07) is 16.1. The molecule has 1 aliphatic heterocycles. The Labute approximate surface area is 201 Å². The number of aryl methyl sites for hydroxylation is 1. The van der Waals surface area contributed by atoms with Gasteiger partial charge in [-0.15, -0.1) is 0 Å². The molecule has 0 radical (unpaired) electrons. The summed E-state index contributed by atoms with van der Waals surface area (Å²) in [5, 5.41) is 9.03. The lowest BCUT2D eigenvalue weighted by Crippen LogP contribution is -2.56. The van der Waals surface area contributed by atoms with Crippen molar-refractivity contribution in [2.75, 3.05) is 31.7 Å². The second kappa shape index (κ2) is 10.6. The Hall–Kier alpha value is -3.47. The van der Waals surface area contributed by atoms with E-state index in [0.29, 0.717) is 38.3 Å². The van der Waals surface area contributed by atoms with E-state index in [1.54, 1.807) is 7.11 Å². The Morgan fingerprint density at radius 2 is 1.94 bits per heavy atom. The van der Waals surface area contributed by atoms with E-state index in [4.69, 9.17) is 10.00 Å². The van der Waals surface area contributed by atoms with Crippen LogP contribution >= 0.6 is 0 Å². The largest absolute Gasteiger partial charge is 0.385 e. The summed E-state index contributed by atoms with van der Waals surface area (Å²) < 4.78 is 7.50. The predicted molar refractivity (Wildman–Crippen MR) is 131 cm³/mol. The van der Waals surface area contributed by atoms with Gasteiger partial charge in [-0.05, 0) is 55.2 Å². The van der Waals surface area contributed by atoms with Crippen molar-refractivity contribution in [2.45, 2.75) is 39.4 Å². The van der Waals surface area contributed by atoms with E-state index in [-0.39, 0.29) is 11.9 Å². The van der Waals surface area contributed by atoms with Crippen molar-refractivity contribution in [3.05, 3.63) is 82.9 Å². The fraction of sp³-hybridized carbons (Fsp3) is 0.370. The van der Waals surface area contributed by atoms with Crippen LogP contribution in [0, 0.1) is 25.2 Å². The molecule has 0 aliphatic carbocycles. The van der Waals surface area contributed by atoms with E-state index < -0.39 is 0 Å². The van der Waals surface area contributed by atoms with Gasteiger partial charge in [-0.1, -0.05) is 24.3 Å². The van der Waals surface area contributed by atoms with E-state index in [1.807, 2.05) is 53.8 Å². The number of nitriles is 1. The molecule has 0 saturated carbocycles. The molecule has 1 saturated heterocycles. The number of amides is 1. The number of benzene rings is 2. The molecule has 4 rings (SSSR count). The van der Waals surface area contributed by atoms with Gasteiger partial charge in [-0.2, -0.15) is 5.26 Å². The highest BCUT2D eigenvalue weighted by atomic mass is 16.5. The number of nitrogens with zero attached hydrogens (tertiary/aromatic N) is 5. The van der Waals surface area contributed by atoms with Crippen molar-refractivity contribution < 1.29 is 9.53 Å². The van der Waals surface area contributed by atoms with Gasteiger partial charge in [0, 0.05) is 51.3 Å². The molecule has 7 heteroatoms. The van der Waals surface area contributed by atoms with Crippen LogP contribution in [0.2, 0.25) is 0 Å². The number of aromatic nitrogens is 2. The first-order valence-corrected chi connectivity index (χ1v) is 11.6. The minimum absolute atomic E-state index is 0.112. The number of methoxy groups -OCH3 is 1. The zero-order valence-corrected chi connectivity index (χ0v) is 20.1. The molecular formula is C27H31N5O2. The lowest BCUT2D eigenvalue weighted by molar-refractivity contribution is -0.123. The van der Waals surface area contributed by atoms with Gasteiger partial charge in [0.1, 0.15) is 0 Å². The first-order chi connectivity index (χ1) is 16.5. The third kappa shape index (κ3) is 5.19. The van der Waals surface area contributed by atoms with E-state index in [2.05, 4.69) is 40.4 Å². The molecule has 2 aromatic carbocycles. The van der Waals surface area contributed by atoms with Crippen LogP contribution in [0.5, 0.6) is 0 Å². The van der Waals surface area contributed by atoms with Crippen LogP contribution in [0.15, 0.2) is 55.0 Å². The zero-order valence-electron chi connectivity index (χ0n) is 20.1. The van der Waals surface area contributed by atoms with E-state index in [1.165, 1.54) is 5.56 Å². The Bertz CT molecular complexity index is 1180. The fourth-order valence-electron chi connectivity index (χ4n) is 4.50. The van der Waals surface area contributed by atoms with Crippen LogP contribution in [0.3, 0.4) is 0 Å². The lowest BCUT2D eigenvalue weighted by atomic mass is 10.0. The smallest absolute Gasteiger partial charge is 0.241 e.